The van der Waals surface area contributed by atoms with Gasteiger partial charge in [-0.05, 0) is 26.3 Å². The smallest absolute Gasteiger partial charge is 0.362 e. The number of carbonyl (C=O) groups is 2. The second kappa shape index (κ2) is 5.87. The monoisotopic (exact) mass is 289 g/mol. The summed E-state index contributed by atoms with van der Waals surface area (Å²) in [5.41, 5.74) is -0.372. The van der Waals surface area contributed by atoms with Crippen LogP contribution in [0.5, 0.6) is 0 Å². The lowest BCUT2D eigenvalue weighted by Crippen LogP contribution is -2.14. The number of rotatable bonds is 3. The second-order valence-corrected chi connectivity index (χ2v) is 4.85. The quantitative estimate of drug-likeness (QED) is 0.523. The molecule has 1 aromatic heterocycles. The zero-order valence-electron chi connectivity index (χ0n) is 11.8. The highest BCUT2D eigenvalue weighted by atomic mass is 16.4. The van der Waals surface area contributed by atoms with Crippen LogP contribution in [0.1, 0.15) is 42.8 Å². The highest BCUT2D eigenvalue weighted by Gasteiger charge is 2.21. The molecule has 6 nitrogen and oxygen atoms in total. The summed E-state index contributed by atoms with van der Waals surface area (Å²) in [4.78, 5) is 38.8. The molecule has 0 bridgehead atoms. The third kappa shape index (κ3) is 3.16. The van der Waals surface area contributed by atoms with Gasteiger partial charge in [0.25, 0.3) is 0 Å². The molecule has 0 saturated heterocycles. The van der Waals surface area contributed by atoms with E-state index in [0.717, 1.165) is 6.21 Å². The topological polar surface area (TPSA) is 96.9 Å². The van der Waals surface area contributed by atoms with Crippen LogP contribution in [-0.4, -0.2) is 22.9 Å². The first-order valence-electron chi connectivity index (χ1n) is 6.55. The molecule has 0 spiro atoms. The molecule has 2 rings (SSSR count). The van der Waals surface area contributed by atoms with E-state index in [9.17, 15) is 19.5 Å². The van der Waals surface area contributed by atoms with Crippen molar-refractivity contribution in [3.63, 3.8) is 0 Å². The third-order valence-electron chi connectivity index (χ3n) is 3.22. The molecule has 0 atom stereocenters. The van der Waals surface area contributed by atoms with Crippen LogP contribution in [-0.2, 0) is 11.2 Å². The number of hydrogen-bond acceptors (Lipinski definition) is 6. The minimum Gasteiger partial charge on any atom is -0.512 e. The predicted octanol–water partition coefficient (Wildman–Crippen LogP) is 2.28. The number of Topliss-reactive ketones (excluding diaryl/α,β-unsaturated/α-hetero) is 2. The van der Waals surface area contributed by atoms with Gasteiger partial charge in [0, 0.05) is 19.1 Å². The number of nitrogens with zero attached hydrogens (tertiary/aromatic N) is 1. The molecule has 0 unspecified atom stereocenters. The number of hydrogen-bond donors (Lipinski definition) is 1. The van der Waals surface area contributed by atoms with Crippen LogP contribution >= 0.6 is 0 Å². The molecule has 1 aliphatic carbocycles. The molecule has 6 heteroatoms. The van der Waals surface area contributed by atoms with E-state index in [0.29, 0.717) is 30.6 Å². The van der Waals surface area contributed by atoms with Gasteiger partial charge in [-0.3, -0.25) is 9.59 Å². The SMILES string of the molecule is CC(=O)/C(C=Nc1cc2c(oc1=O)CCCC2=O)=C(\C)O. The van der Waals surface area contributed by atoms with Gasteiger partial charge in [0.2, 0.25) is 0 Å². The Bertz CT molecular complexity index is 720. The Morgan fingerprint density at radius 2 is 2.05 bits per heavy atom. The third-order valence-corrected chi connectivity index (χ3v) is 3.22. The van der Waals surface area contributed by atoms with Gasteiger partial charge < -0.3 is 9.52 Å². The molecular weight excluding hydrogens is 274 g/mol. The fourth-order valence-electron chi connectivity index (χ4n) is 2.12. The average Bonchev–Trinajstić information content (AvgIpc) is 2.39. The van der Waals surface area contributed by atoms with E-state index in [-0.39, 0.29) is 28.6 Å². The molecular formula is C15H15NO5. The lowest BCUT2D eigenvalue weighted by Gasteiger charge is -2.12. The Morgan fingerprint density at radius 3 is 2.67 bits per heavy atom. The number of carbonyl (C=O) groups excluding carboxylic acids is 2. The van der Waals surface area contributed by atoms with E-state index in [2.05, 4.69) is 4.99 Å². The van der Waals surface area contributed by atoms with Crippen LogP contribution in [0.4, 0.5) is 5.69 Å². The Morgan fingerprint density at radius 1 is 1.33 bits per heavy atom. The first-order valence-corrected chi connectivity index (χ1v) is 6.55. The van der Waals surface area contributed by atoms with E-state index in [1.54, 1.807) is 0 Å². The van der Waals surface area contributed by atoms with Gasteiger partial charge in [-0.15, -0.1) is 0 Å². The van der Waals surface area contributed by atoms with Crippen molar-refractivity contribution in [3.05, 3.63) is 39.1 Å². The standard InChI is InChI=1S/C15H15NO5/c1-8(17)11(9(2)18)7-16-12-6-10-13(19)4-3-5-14(10)21-15(12)20/h6-7,17H,3-5H2,1-2H3/b11-8+,16-7?. The first-order chi connectivity index (χ1) is 9.90. The Kier molecular flexibility index (Phi) is 4.16. The number of aliphatic hydroxyl groups is 1. The van der Waals surface area contributed by atoms with Crippen LogP contribution in [0, 0.1) is 0 Å². The van der Waals surface area contributed by atoms with Crippen molar-refractivity contribution < 1.29 is 19.1 Å². The molecule has 0 aromatic carbocycles. The molecule has 0 fully saturated rings. The van der Waals surface area contributed by atoms with Crippen molar-refractivity contribution in [1.82, 2.24) is 0 Å². The lowest BCUT2D eigenvalue weighted by molar-refractivity contribution is -0.113. The summed E-state index contributed by atoms with van der Waals surface area (Å²) in [6.45, 7) is 2.63. The normalized spacial score (nSPS) is 15.8. The van der Waals surface area contributed by atoms with Crippen molar-refractivity contribution >= 4 is 23.5 Å². The molecule has 0 amide bonds. The summed E-state index contributed by atoms with van der Waals surface area (Å²) in [6.07, 6.45) is 2.73. The van der Waals surface area contributed by atoms with Gasteiger partial charge in [-0.25, -0.2) is 9.79 Å². The number of ketones is 2. The fraction of sp³-hybridized carbons (Fsp3) is 0.333. The minimum absolute atomic E-state index is 0.00144. The number of aliphatic hydroxyl groups excluding tert-OH is 1. The Balaban J connectivity index is 2.44. The molecule has 0 saturated carbocycles. The van der Waals surface area contributed by atoms with Gasteiger partial charge in [-0.1, -0.05) is 0 Å². The van der Waals surface area contributed by atoms with Crippen molar-refractivity contribution in [2.24, 2.45) is 4.99 Å². The minimum atomic E-state index is -0.668. The van der Waals surface area contributed by atoms with E-state index in [1.807, 2.05) is 0 Å². The summed E-state index contributed by atoms with van der Waals surface area (Å²) < 4.78 is 5.10. The first kappa shape index (κ1) is 14.9. The number of fused-ring (bicyclic) bond motifs is 1. The van der Waals surface area contributed by atoms with Gasteiger partial charge in [0.1, 0.15) is 17.2 Å². The lowest BCUT2D eigenvalue weighted by atomic mass is 9.96. The zero-order chi connectivity index (χ0) is 15.6. The summed E-state index contributed by atoms with van der Waals surface area (Å²) in [6, 6.07) is 1.38. The zero-order valence-corrected chi connectivity index (χ0v) is 11.8. The second-order valence-electron chi connectivity index (χ2n) is 4.85. The van der Waals surface area contributed by atoms with E-state index >= 15 is 0 Å². The maximum Gasteiger partial charge on any atom is 0.362 e. The van der Waals surface area contributed by atoms with E-state index < -0.39 is 5.63 Å². The van der Waals surface area contributed by atoms with Gasteiger partial charge in [-0.2, -0.15) is 0 Å². The molecule has 21 heavy (non-hydrogen) atoms. The average molecular weight is 289 g/mol. The molecule has 1 heterocycles. The van der Waals surface area contributed by atoms with Crippen LogP contribution in [0.2, 0.25) is 0 Å². The van der Waals surface area contributed by atoms with Crippen molar-refractivity contribution in [1.29, 1.82) is 0 Å². The van der Waals surface area contributed by atoms with Crippen LogP contribution in [0.3, 0.4) is 0 Å². The summed E-state index contributed by atoms with van der Waals surface area (Å²) >= 11 is 0. The molecule has 0 radical (unpaired) electrons. The summed E-state index contributed by atoms with van der Waals surface area (Å²) in [5, 5.41) is 9.38. The van der Waals surface area contributed by atoms with Crippen LogP contribution in [0.25, 0.3) is 0 Å². The number of allylic oxidation sites excluding steroid dienone is 2. The van der Waals surface area contributed by atoms with Crippen molar-refractivity contribution in [2.75, 3.05) is 0 Å². The Hall–Kier alpha value is -2.50. The van der Waals surface area contributed by atoms with E-state index in [4.69, 9.17) is 4.42 Å². The van der Waals surface area contributed by atoms with Crippen molar-refractivity contribution in [3.8, 4) is 0 Å². The maximum atomic E-state index is 11.8. The van der Waals surface area contributed by atoms with Crippen molar-refractivity contribution in [2.45, 2.75) is 33.1 Å². The predicted molar refractivity (Wildman–Crippen MR) is 76.4 cm³/mol. The highest BCUT2D eigenvalue weighted by Crippen LogP contribution is 2.23. The summed E-state index contributed by atoms with van der Waals surface area (Å²) in [7, 11) is 0. The molecule has 0 aliphatic heterocycles. The van der Waals surface area contributed by atoms with Gasteiger partial charge in [0.15, 0.2) is 11.6 Å². The van der Waals surface area contributed by atoms with Crippen LogP contribution < -0.4 is 5.63 Å². The van der Waals surface area contributed by atoms with E-state index in [1.165, 1.54) is 19.9 Å². The molecule has 1 aliphatic rings. The highest BCUT2D eigenvalue weighted by molar-refractivity contribution is 6.13. The Labute approximate surface area is 120 Å². The van der Waals surface area contributed by atoms with Crippen LogP contribution in [0.15, 0.2) is 31.6 Å². The molecule has 110 valence electrons. The summed E-state index contributed by atoms with van der Waals surface area (Å²) in [5.74, 6) is -0.269. The largest absolute Gasteiger partial charge is 0.512 e. The van der Waals surface area contributed by atoms with Gasteiger partial charge in [0.05, 0.1) is 11.1 Å². The molecule has 1 aromatic rings. The number of aliphatic imine (C=N–C) groups is 1. The maximum absolute atomic E-state index is 11.8. The fourth-order valence-corrected chi connectivity index (χ4v) is 2.12. The molecule has 1 N–H and O–H groups in total. The number of aryl methyl sites for hydroxylation is 1. The van der Waals surface area contributed by atoms with Gasteiger partial charge >= 0.3 is 5.63 Å².